The molecular formula is C21H23ClN4O4. The zero-order chi connectivity index (χ0) is 20.9. The van der Waals surface area contributed by atoms with Crippen molar-refractivity contribution in [2.24, 2.45) is 0 Å². The molecule has 0 bridgehead atoms. The summed E-state index contributed by atoms with van der Waals surface area (Å²) >= 11 is 6.71. The SMILES string of the molecule is CN1C(=O)C2(CCNCC2)c2c(Cl)cc(-c3nc(C(=O)N4CCOCC4)co3)cc21. The number of amides is 2. The Hall–Kier alpha value is -2.42. The first-order valence-electron chi connectivity index (χ1n) is 10.2. The Morgan fingerprint density at radius 1 is 1.23 bits per heavy atom. The number of nitrogens with zero attached hydrogens (tertiary/aromatic N) is 3. The molecule has 1 aromatic carbocycles. The Balaban J connectivity index is 1.49. The number of morpholine rings is 1. The molecule has 2 amide bonds. The third kappa shape index (κ3) is 2.93. The number of benzene rings is 1. The Kier molecular flexibility index (Phi) is 4.80. The molecule has 3 aliphatic rings. The average Bonchev–Trinajstić information content (AvgIpc) is 3.34. The molecule has 1 spiro atoms. The van der Waals surface area contributed by atoms with Crippen molar-refractivity contribution in [3.63, 3.8) is 0 Å². The molecule has 0 radical (unpaired) electrons. The third-order valence-electron chi connectivity index (χ3n) is 6.35. The highest BCUT2D eigenvalue weighted by Gasteiger charge is 2.51. The van der Waals surface area contributed by atoms with Crippen LogP contribution in [0.25, 0.3) is 11.5 Å². The number of rotatable bonds is 2. The zero-order valence-corrected chi connectivity index (χ0v) is 17.5. The maximum atomic E-state index is 13.1. The number of fused-ring (bicyclic) bond motifs is 2. The summed E-state index contributed by atoms with van der Waals surface area (Å²) in [4.78, 5) is 33.6. The van der Waals surface area contributed by atoms with E-state index in [-0.39, 0.29) is 17.5 Å². The van der Waals surface area contributed by atoms with Gasteiger partial charge in [-0.2, -0.15) is 0 Å². The van der Waals surface area contributed by atoms with Crippen LogP contribution in [-0.4, -0.2) is 68.1 Å². The van der Waals surface area contributed by atoms with Crippen molar-refractivity contribution >= 4 is 29.1 Å². The first-order valence-corrected chi connectivity index (χ1v) is 10.5. The molecule has 3 aliphatic heterocycles. The lowest BCUT2D eigenvalue weighted by Crippen LogP contribution is -2.46. The quantitative estimate of drug-likeness (QED) is 0.784. The maximum Gasteiger partial charge on any atom is 0.275 e. The highest BCUT2D eigenvalue weighted by molar-refractivity contribution is 6.33. The summed E-state index contributed by atoms with van der Waals surface area (Å²) in [6, 6.07) is 3.66. The summed E-state index contributed by atoms with van der Waals surface area (Å²) in [7, 11) is 1.78. The van der Waals surface area contributed by atoms with Crippen molar-refractivity contribution in [3.8, 4) is 11.5 Å². The van der Waals surface area contributed by atoms with Crippen LogP contribution in [0.5, 0.6) is 0 Å². The number of hydrogen-bond donors (Lipinski definition) is 1. The molecule has 0 aliphatic carbocycles. The maximum absolute atomic E-state index is 13.1. The molecule has 30 heavy (non-hydrogen) atoms. The summed E-state index contributed by atoms with van der Waals surface area (Å²) in [6.07, 6.45) is 2.82. The Morgan fingerprint density at radius 3 is 2.70 bits per heavy atom. The van der Waals surface area contributed by atoms with Gasteiger partial charge in [-0.1, -0.05) is 11.6 Å². The fraction of sp³-hybridized carbons (Fsp3) is 0.476. The molecule has 4 heterocycles. The molecule has 0 unspecified atom stereocenters. The number of ether oxygens (including phenoxy) is 1. The summed E-state index contributed by atoms with van der Waals surface area (Å²) < 4.78 is 10.9. The Labute approximate surface area is 179 Å². The standard InChI is InChI=1S/C21H23ClN4O4/c1-25-16-11-13(10-14(22)17(16)21(20(25)28)2-4-23-5-3-21)18-24-15(12-30-18)19(27)26-6-8-29-9-7-26/h10-12,23H,2-9H2,1H3. The predicted molar refractivity (Wildman–Crippen MR) is 111 cm³/mol. The largest absolute Gasteiger partial charge is 0.444 e. The van der Waals surface area contributed by atoms with Crippen LogP contribution < -0.4 is 10.2 Å². The number of carbonyl (C=O) groups excluding carboxylic acids is 2. The molecule has 0 saturated carbocycles. The van der Waals surface area contributed by atoms with E-state index in [1.54, 1.807) is 22.9 Å². The van der Waals surface area contributed by atoms with Gasteiger partial charge in [0.25, 0.3) is 5.91 Å². The summed E-state index contributed by atoms with van der Waals surface area (Å²) in [5.74, 6) is 0.207. The van der Waals surface area contributed by atoms with Crippen LogP contribution in [0.15, 0.2) is 22.8 Å². The van der Waals surface area contributed by atoms with E-state index in [1.807, 2.05) is 6.07 Å². The minimum atomic E-state index is -0.570. The van der Waals surface area contributed by atoms with Gasteiger partial charge >= 0.3 is 0 Å². The number of aromatic nitrogens is 1. The summed E-state index contributed by atoms with van der Waals surface area (Å²) in [5.41, 5.74) is 1.99. The van der Waals surface area contributed by atoms with Gasteiger partial charge in [-0.05, 0) is 38.1 Å². The lowest BCUT2D eigenvalue weighted by Gasteiger charge is -2.33. The average molecular weight is 431 g/mol. The molecular weight excluding hydrogens is 408 g/mol. The lowest BCUT2D eigenvalue weighted by molar-refractivity contribution is -0.123. The number of nitrogens with one attached hydrogen (secondary N) is 1. The molecule has 8 nitrogen and oxygen atoms in total. The second kappa shape index (κ2) is 7.37. The third-order valence-corrected chi connectivity index (χ3v) is 6.65. The van der Waals surface area contributed by atoms with Crippen LogP contribution in [0.4, 0.5) is 5.69 Å². The molecule has 2 aromatic rings. The van der Waals surface area contributed by atoms with Crippen LogP contribution in [0.3, 0.4) is 0 Å². The second-order valence-electron chi connectivity index (χ2n) is 7.99. The number of carbonyl (C=O) groups is 2. The van der Waals surface area contributed by atoms with E-state index in [1.165, 1.54) is 6.26 Å². The van der Waals surface area contributed by atoms with E-state index in [9.17, 15) is 9.59 Å². The fourth-order valence-electron chi connectivity index (χ4n) is 4.74. The van der Waals surface area contributed by atoms with E-state index in [4.69, 9.17) is 20.8 Å². The van der Waals surface area contributed by atoms with Gasteiger partial charge in [-0.15, -0.1) is 0 Å². The van der Waals surface area contributed by atoms with Crippen molar-refractivity contribution in [3.05, 3.63) is 34.7 Å². The highest BCUT2D eigenvalue weighted by Crippen LogP contribution is 2.50. The fourth-order valence-corrected chi connectivity index (χ4v) is 5.14. The van der Waals surface area contributed by atoms with Gasteiger partial charge in [0.05, 0.1) is 18.6 Å². The van der Waals surface area contributed by atoms with Crippen molar-refractivity contribution in [1.82, 2.24) is 15.2 Å². The Morgan fingerprint density at radius 2 is 1.97 bits per heavy atom. The first kappa shape index (κ1) is 19.5. The summed E-state index contributed by atoms with van der Waals surface area (Å²) in [6.45, 7) is 3.68. The van der Waals surface area contributed by atoms with E-state index < -0.39 is 5.41 Å². The molecule has 2 saturated heterocycles. The zero-order valence-electron chi connectivity index (χ0n) is 16.7. The van der Waals surface area contributed by atoms with E-state index in [2.05, 4.69) is 10.3 Å². The first-order chi connectivity index (χ1) is 14.5. The van der Waals surface area contributed by atoms with Crippen molar-refractivity contribution in [1.29, 1.82) is 0 Å². The van der Waals surface area contributed by atoms with Gasteiger partial charge in [0.1, 0.15) is 6.26 Å². The van der Waals surface area contributed by atoms with Gasteiger partial charge in [-0.3, -0.25) is 9.59 Å². The molecule has 9 heteroatoms. The molecule has 5 rings (SSSR count). The van der Waals surface area contributed by atoms with Gasteiger partial charge in [0.2, 0.25) is 11.8 Å². The van der Waals surface area contributed by atoms with Gasteiger partial charge in [0, 0.05) is 42.0 Å². The lowest BCUT2D eigenvalue weighted by atomic mass is 9.74. The normalized spacial score (nSPS) is 20.7. The van der Waals surface area contributed by atoms with Crippen LogP contribution in [0.1, 0.15) is 28.9 Å². The van der Waals surface area contributed by atoms with E-state index in [0.29, 0.717) is 42.8 Å². The number of halogens is 1. The van der Waals surface area contributed by atoms with Crippen molar-refractivity contribution < 1.29 is 18.7 Å². The highest BCUT2D eigenvalue weighted by atomic mass is 35.5. The minimum absolute atomic E-state index is 0.0774. The smallest absolute Gasteiger partial charge is 0.275 e. The minimum Gasteiger partial charge on any atom is -0.444 e. The molecule has 0 atom stereocenters. The number of hydrogen-bond acceptors (Lipinski definition) is 6. The van der Waals surface area contributed by atoms with Gasteiger partial charge < -0.3 is 24.3 Å². The van der Waals surface area contributed by atoms with E-state index in [0.717, 1.165) is 37.2 Å². The van der Waals surface area contributed by atoms with Gasteiger partial charge in [-0.25, -0.2) is 4.98 Å². The number of piperidine rings is 1. The predicted octanol–water partition coefficient (Wildman–Crippen LogP) is 2.06. The molecule has 1 N–H and O–H groups in total. The molecule has 158 valence electrons. The van der Waals surface area contributed by atoms with Crippen molar-refractivity contribution in [2.75, 3.05) is 51.3 Å². The number of oxazole rings is 1. The topological polar surface area (TPSA) is 87.9 Å². The summed E-state index contributed by atoms with van der Waals surface area (Å²) in [5, 5.41) is 3.85. The monoisotopic (exact) mass is 430 g/mol. The molecule has 1 aromatic heterocycles. The second-order valence-corrected chi connectivity index (χ2v) is 8.40. The molecule has 2 fully saturated rings. The van der Waals surface area contributed by atoms with Gasteiger partial charge in [0.15, 0.2) is 5.69 Å². The Bertz CT molecular complexity index is 1010. The number of likely N-dealkylation sites (N-methyl/N-ethyl adjacent to an activating group) is 1. The van der Waals surface area contributed by atoms with Crippen LogP contribution >= 0.6 is 11.6 Å². The van der Waals surface area contributed by atoms with Crippen LogP contribution in [-0.2, 0) is 14.9 Å². The van der Waals surface area contributed by atoms with Crippen LogP contribution in [0, 0.1) is 0 Å². The number of anilines is 1. The van der Waals surface area contributed by atoms with Crippen LogP contribution in [0.2, 0.25) is 5.02 Å². The van der Waals surface area contributed by atoms with E-state index >= 15 is 0 Å². The van der Waals surface area contributed by atoms with Crippen molar-refractivity contribution in [2.45, 2.75) is 18.3 Å².